The number of hydrogen-bond acceptors (Lipinski definition) is 3. The molecule has 1 fully saturated rings. The first kappa shape index (κ1) is 8.01. The van der Waals surface area contributed by atoms with Crippen LogP contribution in [-0.4, -0.2) is 32.0 Å². The van der Waals surface area contributed by atoms with Gasteiger partial charge in [-0.05, 0) is 13.8 Å². The third-order valence-corrected chi connectivity index (χ3v) is 3.59. The lowest BCUT2D eigenvalue weighted by Gasteiger charge is -2.25. The molecule has 0 spiro atoms. The van der Waals surface area contributed by atoms with Crippen LogP contribution in [-0.2, 0) is 9.84 Å². The Labute approximate surface area is 61.7 Å². The Bertz CT molecular complexity index is 194. The molecule has 4 heteroatoms. The SMILES string of the molecule is C[C@H]1CS(=O)(=O)C[C@H](C)N1. The van der Waals surface area contributed by atoms with Gasteiger partial charge in [0, 0.05) is 12.1 Å². The van der Waals surface area contributed by atoms with Crippen molar-refractivity contribution in [2.45, 2.75) is 25.9 Å². The lowest BCUT2D eigenvalue weighted by molar-refractivity contribution is 0.478. The zero-order chi connectivity index (χ0) is 7.78. The molecule has 60 valence electrons. The summed E-state index contributed by atoms with van der Waals surface area (Å²) in [6, 6.07) is 0.238. The smallest absolute Gasteiger partial charge is 0.153 e. The van der Waals surface area contributed by atoms with Crippen molar-refractivity contribution in [3.05, 3.63) is 0 Å². The van der Waals surface area contributed by atoms with Crippen molar-refractivity contribution in [3.8, 4) is 0 Å². The molecule has 0 aromatic rings. The van der Waals surface area contributed by atoms with E-state index in [1.807, 2.05) is 13.8 Å². The van der Waals surface area contributed by atoms with Gasteiger partial charge in [0.05, 0.1) is 11.5 Å². The van der Waals surface area contributed by atoms with Gasteiger partial charge in [0.25, 0.3) is 0 Å². The van der Waals surface area contributed by atoms with Crippen LogP contribution in [0.2, 0.25) is 0 Å². The van der Waals surface area contributed by atoms with E-state index in [0.29, 0.717) is 0 Å². The van der Waals surface area contributed by atoms with Crippen molar-refractivity contribution in [1.82, 2.24) is 5.32 Å². The largest absolute Gasteiger partial charge is 0.310 e. The van der Waals surface area contributed by atoms with E-state index in [1.54, 1.807) is 0 Å². The van der Waals surface area contributed by atoms with Crippen molar-refractivity contribution in [3.63, 3.8) is 0 Å². The van der Waals surface area contributed by atoms with Crippen molar-refractivity contribution in [2.75, 3.05) is 11.5 Å². The summed E-state index contributed by atoms with van der Waals surface area (Å²) in [5.41, 5.74) is 0. The summed E-state index contributed by atoms with van der Waals surface area (Å²) >= 11 is 0. The maximum atomic E-state index is 11.0. The highest BCUT2D eigenvalue weighted by atomic mass is 32.2. The Kier molecular flexibility index (Phi) is 2.01. The first-order valence-electron chi connectivity index (χ1n) is 3.46. The molecule has 1 aliphatic rings. The lowest BCUT2D eigenvalue weighted by atomic mass is 10.3. The van der Waals surface area contributed by atoms with Crippen LogP contribution in [0.25, 0.3) is 0 Å². The fourth-order valence-electron chi connectivity index (χ4n) is 1.41. The standard InChI is InChI=1S/C6H13NO2S/c1-5-3-10(8,9)4-6(2)7-5/h5-7H,3-4H2,1-2H3/t5-,6-/m0/s1. The summed E-state index contributed by atoms with van der Waals surface area (Å²) in [6.07, 6.45) is 0. The lowest BCUT2D eigenvalue weighted by Crippen LogP contribution is -2.48. The molecule has 2 atom stereocenters. The number of hydrogen-bond donors (Lipinski definition) is 1. The molecule has 0 aromatic heterocycles. The van der Waals surface area contributed by atoms with Gasteiger partial charge in [0.2, 0.25) is 0 Å². The second-order valence-electron chi connectivity index (χ2n) is 3.05. The van der Waals surface area contributed by atoms with Crippen LogP contribution < -0.4 is 5.32 Å². The first-order chi connectivity index (χ1) is 4.49. The Morgan fingerprint density at radius 3 is 1.90 bits per heavy atom. The number of nitrogens with one attached hydrogen (secondary N) is 1. The molecule has 0 amide bonds. The van der Waals surface area contributed by atoms with E-state index in [2.05, 4.69) is 5.32 Å². The maximum absolute atomic E-state index is 11.0. The summed E-state index contributed by atoms with van der Waals surface area (Å²) in [4.78, 5) is 0. The molecule has 0 aliphatic carbocycles. The second-order valence-corrected chi connectivity index (χ2v) is 5.20. The normalized spacial score (nSPS) is 39.4. The predicted molar refractivity (Wildman–Crippen MR) is 40.7 cm³/mol. The van der Waals surface area contributed by atoms with Crippen LogP contribution in [0, 0.1) is 0 Å². The molecular weight excluding hydrogens is 150 g/mol. The molecule has 1 N–H and O–H groups in total. The first-order valence-corrected chi connectivity index (χ1v) is 5.28. The van der Waals surface area contributed by atoms with E-state index in [0.717, 1.165) is 0 Å². The van der Waals surface area contributed by atoms with Crippen LogP contribution in [0.3, 0.4) is 0 Å². The molecule has 1 rings (SSSR count). The molecule has 0 unspecified atom stereocenters. The van der Waals surface area contributed by atoms with Gasteiger partial charge in [-0.3, -0.25) is 0 Å². The predicted octanol–water partition coefficient (Wildman–Crippen LogP) is -0.219. The molecule has 0 saturated carbocycles. The minimum atomic E-state index is -2.74. The van der Waals surface area contributed by atoms with E-state index in [9.17, 15) is 8.42 Å². The van der Waals surface area contributed by atoms with Crippen LogP contribution in [0.1, 0.15) is 13.8 Å². The molecule has 0 radical (unpaired) electrons. The van der Waals surface area contributed by atoms with Gasteiger partial charge in [0.15, 0.2) is 9.84 Å². The van der Waals surface area contributed by atoms with Crippen molar-refractivity contribution >= 4 is 9.84 Å². The summed E-state index contributed by atoms with van der Waals surface area (Å²) in [6.45, 7) is 3.79. The molecule has 1 saturated heterocycles. The van der Waals surface area contributed by atoms with Crippen LogP contribution in [0.15, 0.2) is 0 Å². The maximum Gasteiger partial charge on any atom is 0.153 e. The van der Waals surface area contributed by atoms with E-state index in [-0.39, 0.29) is 23.6 Å². The second kappa shape index (κ2) is 2.51. The Balaban J connectivity index is 2.69. The van der Waals surface area contributed by atoms with Crippen molar-refractivity contribution in [2.24, 2.45) is 0 Å². The van der Waals surface area contributed by atoms with Gasteiger partial charge < -0.3 is 5.32 Å². The monoisotopic (exact) mass is 163 g/mol. The number of sulfone groups is 1. The molecule has 0 bridgehead atoms. The van der Waals surface area contributed by atoms with E-state index < -0.39 is 9.84 Å². The summed E-state index contributed by atoms with van der Waals surface area (Å²) in [7, 11) is -2.74. The molecule has 1 heterocycles. The Morgan fingerprint density at radius 1 is 1.20 bits per heavy atom. The average molecular weight is 163 g/mol. The zero-order valence-corrected chi connectivity index (χ0v) is 7.11. The number of rotatable bonds is 0. The average Bonchev–Trinajstić information content (AvgIpc) is 1.54. The van der Waals surface area contributed by atoms with Gasteiger partial charge in [0.1, 0.15) is 0 Å². The van der Waals surface area contributed by atoms with Crippen LogP contribution in [0.4, 0.5) is 0 Å². The highest BCUT2D eigenvalue weighted by Gasteiger charge is 2.25. The quantitative estimate of drug-likeness (QED) is 0.537. The molecular formula is C6H13NO2S. The van der Waals surface area contributed by atoms with E-state index >= 15 is 0 Å². The molecule has 0 aromatic carbocycles. The third kappa shape index (κ3) is 1.95. The van der Waals surface area contributed by atoms with Crippen LogP contribution in [0.5, 0.6) is 0 Å². The summed E-state index contributed by atoms with van der Waals surface area (Å²) in [5, 5.41) is 3.16. The van der Waals surface area contributed by atoms with Crippen molar-refractivity contribution < 1.29 is 8.42 Å². The van der Waals surface area contributed by atoms with Crippen molar-refractivity contribution in [1.29, 1.82) is 0 Å². The fourth-order valence-corrected chi connectivity index (χ4v) is 3.26. The minimum absolute atomic E-state index is 0.119. The third-order valence-electron chi connectivity index (χ3n) is 1.58. The summed E-state index contributed by atoms with van der Waals surface area (Å²) < 4.78 is 22.1. The molecule has 1 aliphatic heterocycles. The van der Waals surface area contributed by atoms with Crippen LogP contribution >= 0.6 is 0 Å². The topological polar surface area (TPSA) is 46.2 Å². The molecule has 3 nitrogen and oxygen atoms in total. The van der Waals surface area contributed by atoms with E-state index in [1.165, 1.54) is 0 Å². The highest BCUT2D eigenvalue weighted by molar-refractivity contribution is 7.91. The van der Waals surface area contributed by atoms with Gasteiger partial charge in [-0.25, -0.2) is 8.42 Å². The summed E-state index contributed by atoms with van der Waals surface area (Å²) in [5.74, 6) is 0.578. The Hall–Kier alpha value is -0.0900. The van der Waals surface area contributed by atoms with Gasteiger partial charge >= 0.3 is 0 Å². The van der Waals surface area contributed by atoms with Gasteiger partial charge in [-0.2, -0.15) is 0 Å². The van der Waals surface area contributed by atoms with Gasteiger partial charge in [-0.1, -0.05) is 0 Å². The zero-order valence-electron chi connectivity index (χ0n) is 6.29. The fraction of sp³-hybridized carbons (Fsp3) is 1.00. The molecule has 10 heavy (non-hydrogen) atoms. The minimum Gasteiger partial charge on any atom is -0.310 e. The van der Waals surface area contributed by atoms with Gasteiger partial charge in [-0.15, -0.1) is 0 Å². The highest BCUT2D eigenvalue weighted by Crippen LogP contribution is 2.05. The van der Waals surface area contributed by atoms with E-state index in [4.69, 9.17) is 0 Å². The Morgan fingerprint density at radius 2 is 1.60 bits per heavy atom.